The minimum Gasteiger partial charge on any atom is -0.392 e. The van der Waals surface area contributed by atoms with Crippen molar-refractivity contribution in [3.05, 3.63) is 64.6 Å². The molecule has 0 atom stereocenters. The first-order valence-corrected chi connectivity index (χ1v) is 8.25. The summed E-state index contributed by atoms with van der Waals surface area (Å²) >= 11 is 0. The van der Waals surface area contributed by atoms with Gasteiger partial charge in [-0.15, -0.1) is 0 Å². The van der Waals surface area contributed by atoms with Crippen molar-refractivity contribution in [2.75, 3.05) is 5.32 Å². The average Bonchev–Trinajstić information content (AvgIpc) is 2.93. The van der Waals surface area contributed by atoms with Gasteiger partial charge in [-0.05, 0) is 55.2 Å². The second-order valence-corrected chi connectivity index (χ2v) is 6.46. The van der Waals surface area contributed by atoms with Crippen molar-refractivity contribution < 1.29 is 18.3 Å². The maximum absolute atomic E-state index is 13.4. The standard InChI is InChI=1S/C19H19F3N4O/c1-11-4-12(2)6-15(5-11)24-18-23-7-16(19(20,21)22)17(25-18)26-8-13(3)14(9-26)10-27/h4-9,27H,10H2,1-3H3,(H,23,24,25). The van der Waals surface area contributed by atoms with Crippen LogP contribution in [0, 0.1) is 20.8 Å². The first kappa shape index (κ1) is 18.9. The van der Waals surface area contributed by atoms with E-state index in [1.165, 1.54) is 17.0 Å². The van der Waals surface area contributed by atoms with Crippen LogP contribution in [0.3, 0.4) is 0 Å². The number of nitrogens with one attached hydrogen (secondary N) is 1. The SMILES string of the molecule is Cc1cc(C)cc(Nc2ncc(C(F)(F)F)c(-n3cc(C)c(CO)c3)n2)c1. The van der Waals surface area contributed by atoms with E-state index in [1.54, 1.807) is 6.92 Å². The molecule has 0 bridgehead atoms. The van der Waals surface area contributed by atoms with Crippen molar-refractivity contribution in [3.8, 4) is 5.82 Å². The maximum atomic E-state index is 13.4. The smallest absolute Gasteiger partial charge is 0.392 e. The number of aryl methyl sites for hydroxylation is 3. The van der Waals surface area contributed by atoms with Crippen LogP contribution in [0.2, 0.25) is 0 Å². The molecule has 0 unspecified atom stereocenters. The first-order chi connectivity index (χ1) is 12.7. The molecule has 0 spiro atoms. The second-order valence-electron chi connectivity index (χ2n) is 6.46. The molecular weight excluding hydrogens is 357 g/mol. The van der Waals surface area contributed by atoms with Gasteiger partial charge in [0.1, 0.15) is 5.56 Å². The number of aromatic nitrogens is 3. The minimum atomic E-state index is -4.61. The molecule has 3 aromatic rings. The Kier molecular flexibility index (Phi) is 4.93. The first-order valence-electron chi connectivity index (χ1n) is 8.25. The Morgan fingerprint density at radius 3 is 2.30 bits per heavy atom. The van der Waals surface area contributed by atoms with E-state index in [2.05, 4.69) is 15.3 Å². The summed E-state index contributed by atoms with van der Waals surface area (Å²) in [5.74, 6) is -0.243. The molecule has 0 radical (unpaired) electrons. The molecule has 2 aromatic heterocycles. The summed E-state index contributed by atoms with van der Waals surface area (Å²) in [7, 11) is 0. The van der Waals surface area contributed by atoms with Crippen molar-refractivity contribution in [3.63, 3.8) is 0 Å². The van der Waals surface area contributed by atoms with Gasteiger partial charge in [-0.2, -0.15) is 18.2 Å². The summed E-state index contributed by atoms with van der Waals surface area (Å²) in [6, 6.07) is 5.71. The van der Waals surface area contributed by atoms with Crippen molar-refractivity contribution in [1.29, 1.82) is 0 Å². The molecule has 0 amide bonds. The number of nitrogens with zero attached hydrogens (tertiary/aromatic N) is 3. The van der Waals surface area contributed by atoms with Gasteiger partial charge in [0.25, 0.3) is 0 Å². The zero-order valence-corrected chi connectivity index (χ0v) is 15.1. The predicted octanol–water partition coefficient (Wildman–Crippen LogP) is 4.45. The van der Waals surface area contributed by atoms with E-state index in [9.17, 15) is 18.3 Å². The predicted molar refractivity (Wildman–Crippen MR) is 96.2 cm³/mol. The van der Waals surface area contributed by atoms with Gasteiger partial charge in [-0.3, -0.25) is 0 Å². The lowest BCUT2D eigenvalue weighted by Gasteiger charge is -2.14. The highest BCUT2D eigenvalue weighted by Crippen LogP contribution is 2.34. The molecule has 2 N–H and O–H groups in total. The van der Waals surface area contributed by atoms with Crippen LogP contribution < -0.4 is 5.32 Å². The Hall–Kier alpha value is -2.87. The Balaban J connectivity index is 2.07. The molecule has 0 saturated carbocycles. The topological polar surface area (TPSA) is 63.0 Å². The van der Waals surface area contributed by atoms with Crippen LogP contribution in [0.15, 0.2) is 36.8 Å². The van der Waals surface area contributed by atoms with Crippen LogP contribution in [-0.2, 0) is 12.8 Å². The molecule has 0 saturated heterocycles. The fourth-order valence-electron chi connectivity index (χ4n) is 2.89. The summed E-state index contributed by atoms with van der Waals surface area (Å²) in [5.41, 5.74) is 2.97. The summed E-state index contributed by atoms with van der Waals surface area (Å²) in [6.45, 7) is 5.30. The number of benzene rings is 1. The lowest BCUT2D eigenvalue weighted by Crippen LogP contribution is -2.14. The minimum absolute atomic E-state index is 0.0555. The summed E-state index contributed by atoms with van der Waals surface area (Å²) in [4.78, 5) is 7.92. The van der Waals surface area contributed by atoms with Gasteiger partial charge in [-0.1, -0.05) is 6.07 Å². The Bertz CT molecular complexity index is 959. The van der Waals surface area contributed by atoms with Crippen LogP contribution in [0.5, 0.6) is 0 Å². The lowest BCUT2D eigenvalue weighted by atomic mass is 10.1. The summed E-state index contributed by atoms with van der Waals surface area (Å²) in [5, 5.41) is 12.3. The van der Waals surface area contributed by atoms with Gasteiger partial charge in [0.2, 0.25) is 5.95 Å². The molecule has 3 rings (SSSR count). The van der Waals surface area contributed by atoms with Crippen LogP contribution in [0.25, 0.3) is 5.82 Å². The van der Waals surface area contributed by atoms with E-state index in [1.807, 2.05) is 32.0 Å². The molecule has 0 aliphatic heterocycles. The van der Waals surface area contributed by atoms with Crippen molar-refractivity contribution >= 4 is 11.6 Å². The van der Waals surface area contributed by atoms with Crippen molar-refractivity contribution in [2.24, 2.45) is 0 Å². The van der Waals surface area contributed by atoms with Gasteiger partial charge in [0.05, 0.1) is 6.61 Å². The van der Waals surface area contributed by atoms with Crippen molar-refractivity contribution in [2.45, 2.75) is 33.6 Å². The highest BCUT2D eigenvalue weighted by molar-refractivity contribution is 5.57. The van der Waals surface area contributed by atoms with Crippen LogP contribution in [-0.4, -0.2) is 19.6 Å². The van der Waals surface area contributed by atoms with Crippen molar-refractivity contribution in [1.82, 2.24) is 14.5 Å². The van der Waals surface area contributed by atoms with Gasteiger partial charge >= 0.3 is 6.18 Å². The monoisotopic (exact) mass is 376 g/mol. The molecular formula is C19H19F3N4O. The number of aliphatic hydroxyl groups is 1. The van der Waals surface area contributed by atoms with E-state index in [0.29, 0.717) is 16.8 Å². The Morgan fingerprint density at radius 2 is 1.74 bits per heavy atom. The van der Waals surface area contributed by atoms with Crippen LogP contribution in [0.1, 0.15) is 27.8 Å². The number of hydrogen-bond donors (Lipinski definition) is 2. The number of anilines is 2. The van der Waals surface area contributed by atoms with Crippen LogP contribution >= 0.6 is 0 Å². The second kappa shape index (κ2) is 7.03. The Labute approximate surface area is 154 Å². The third-order valence-electron chi connectivity index (χ3n) is 4.10. The normalized spacial score (nSPS) is 11.7. The zero-order chi connectivity index (χ0) is 19.8. The quantitative estimate of drug-likeness (QED) is 0.706. The fourth-order valence-corrected chi connectivity index (χ4v) is 2.89. The average molecular weight is 376 g/mol. The molecule has 2 heterocycles. The number of rotatable bonds is 4. The fraction of sp³-hybridized carbons (Fsp3) is 0.263. The largest absolute Gasteiger partial charge is 0.421 e. The van der Waals surface area contributed by atoms with Gasteiger partial charge < -0.3 is 15.0 Å². The highest BCUT2D eigenvalue weighted by Gasteiger charge is 2.36. The molecule has 0 aliphatic rings. The number of alkyl halides is 3. The molecule has 27 heavy (non-hydrogen) atoms. The van der Waals surface area contributed by atoms with E-state index >= 15 is 0 Å². The van der Waals surface area contributed by atoms with E-state index < -0.39 is 11.7 Å². The molecule has 142 valence electrons. The number of hydrogen-bond acceptors (Lipinski definition) is 4. The number of aliphatic hydroxyl groups excluding tert-OH is 1. The highest BCUT2D eigenvalue weighted by atomic mass is 19.4. The van der Waals surface area contributed by atoms with Gasteiger partial charge in [0, 0.05) is 24.3 Å². The molecule has 5 nitrogen and oxygen atoms in total. The van der Waals surface area contributed by atoms with Gasteiger partial charge in [-0.25, -0.2) is 4.98 Å². The summed E-state index contributed by atoms with van der Waals surface area (Å²) in [6.07, 6.45) is -0.899. The molecule has 0 fully saturated rings. The number of halogens is 3. The molecule has 8 heteroatoms. The third kappa shape index (κ3) is 4.11. The zero-order valence-electron chi connectivity index (χ0n) is 15.1. The van der Waals surface area contributed by atoms with Crippen LogP contribution in [0.4, 0.5) is 24.8 Å². The Morgan fingerprint density at radius 1 is 1.07 bits per heavy atom. The maximum Gasteiger partial charge on any atom is 0.421 e. The lowest BCUT2D eigenvalue weighted by molar-refractivity contribution is -0.137. The van der Waals surface area contributed by atoms with E-state index in [4.69, 9.17) is 0 Å². The summed E-state index contributed by atoms with van der Waals surface area (Å²) < 4.78 is 41.5. The molecule has 1 aromatic carbocycles. The third-order valence-corrected chi connectivity index (χ3v) is 4.10. The van der Waals surface area contributed by atoms with E-state index in [0.717, 1.165) is 17.3 Å². The van der Waals surface area contributed by atoms with E-state index in [-0.39, 0.29) is 18.4 Å². The van der Waals surface area contributed by atoms with Gasteiger partial charge in [0.15, 0.2) is 5.82 Å². The molecule has 0 aliphatic carbocycles.